The van der Waals surface area contributed by atoms with E-state index in [1.54, 1.807) is 11.7 Å². The molecule has 7 rings (SSSR count). The van der Waals surface area contributed by atoms with E-state index in [1.165, 1.54) is 0 Å². The molecule has 8 nitrogen and oxygen atoms in total. The first-order valence-electron chi connectivity index (χ1n) is 11.7. The monoisotopic (exact) mass is 505 g/mol. The van der Waals surface area contributed by atoms with Crippen molar-refractivity contribution in [3.05, 3.63) is 102 Å². The van der Waals surface area contributed by atoms with Crippen LogP contribution in [0.25, 0.3) is 22.2 Å². The quantitative estimate of drug-likeness (QED) is 0.294. The molecule has 0 aliphatic carbocycles. The number of anilines is 3. The minimum atomic E-state index is 0.580. The van der Waals surface area contributed by atoms with Gasteiger partial charge in [0.05, 0.1) is 29.7 Å². The van der Waals surface area contributed by atoms with Crippen molar-refractivity contribution in [3.63, 3.8) is 0 Å². The van der Waals surface area contributed by atoms with Gasteiger partial charge in [-0.1, -0.05) is 35.9 Å². The van der Waals surface area contributed by atoms with Crippen molar-refractivity contribution in [1.29, 1.82) is 0 Å². The lowest BCUT2D eigenvalue weighted by Gasteiger charge is -2.24. The number of aliphatic imine (C=N–C) groups is 1. The summed E-state index contributed by atoms with van der Waals surface area (Å²) in [5.74, 6) is 1.98. The Labute approximate surface area is 217 Å². The zero-order valence-electron chi connectivity index (χ0n) is 19.7. The summed E-state index contributed by atoms with van der Waals surface area (Å²) < 4.78 is 9.21. The maximum Gasteiger partial charge on any atom is 0.243 e. The number of benzene rings is 4. The van der Waals surface area contributed by atoms with Crippen LogP contribution < -0.4 is 15.0 Å². The third-order valence-electron chi connectivity index (χ3n) is 6.32. The maximum atomic E-state index is 6.14. The lowest BCUT2D eigenvalue weighted by molar-refractivity contribution is 0.415. The van der Waals surface area contributed by atoms with Gasteiger partial charge in [-0.3, -0.25) is 4.57 Å². The topological polar surface area (TPSA) is 72.0 Å². The Balaban J connectivity index is 1.52. The number of halogens is 1. The molecule has 1 aliphatic rings. The molecule has 0 amide bonds. The SMILES string of the molecule is COc1ccc(N2C(Nc3ccc(Cl)cc3)=Nc3ccccc3-n3c2nn2nc4ccccc4c32)cc1. The number of rotatable bonds is 3. The number of ether oxygens (including phenoxy) is 1. The lowest BCUT2D eigenvalue weighted by Crippen LogP contribution is -2.33. The Morgan fingerprint density at radius 1 is 0.811 bits per heavy atom. The third-order valence-corrected chi connectivity index (χ3v) is 6.58. The van der Waals surface area contributed by atoms with Gasteiger partial charge in [-0.15, -0.1) is 14.8 Å². The van der Waals surface area contributed by atoms with E-state index in [4.69, 9.17) is 31.5 Å². The van der Waals surface area contributed by atoms with E-state index in [9.17, 15) is 0 Å². The van der Waals surface area contributed by atoms with Gasteiger partial charge in [0.25, 0.3) is 0 Å². The molecule has 0 fully saturated rings. The predicted molar refractivity (Wildman–Crippen MR) is 147 cm³/mol. The van der Waals surface area contributed by atoms with Crippen LogP contribution in [0, 0.1) is 0 Å². The number of para-hydroxylation sites is 2. The van der Waals surface area contributed by atoms with Gasteiger partial charge < -0.3 is 10.1 Å². The standard InChI is InChI=1S/C28H20ClN7O/c1-37-21-16-14-20(15-17-21)34-27(30-19-12-10-18(29)11-13-19)31-24-8-4-5-9-25(24)35-26-22-6-2-3-7-23(22)32-36(26)33-28(34)35/h2-17H,1H3,(H,30,31). The van der Waals surface area contributed by atoms with E-state index in [0.717, 1.165) is 45.0 Å². The highest BCUT2D eigenvalue weighted by molar-refractivity contribution is 6.30. The molecular formula is C28H20ClN7O. The second-order valence-corrected chi connectivity index (χ2v) is 8.99. The second kappa shape index (κ2) is 8.39. The fourth-order valence-electron chi connectivity index (χ4n) is 4.60. The van der Waals surface area contributed by atoms with Crippen molar-refractivity contribution in [2.45, 2.75) is 0 Å². The smallest absolute Gasteiger partial charge is 0.243 e. The summed E-state index contributed by atoms with van der Waals surface area (Å²) in [5.41, 5.74) is 5.12. The highest BCUT2D eigenvalue weighted by atomic mass is 35.5. The molecule has 3 heterocycles. The molecule has 180 valence electrons. The van der Waals surface area contributed by atoms with Gasteiger partial charge in [0.2, 0.25) is 11.9 Å². The zero-order chi connectivity index (χ0) is 24.9. The van der Waals surface area contributed by atoms with E-state index in [2.05, 4.69) is 16.0 Å². The number of nitrogens with zero attached hydrogens (tertiary/aromatic N) is 6. The predicted octanol–water partition coefficient (Wildman–Crippen LogP) is 6.59. The summed E-state index contributed by atoms with van der Waals surface area (Å²) in [6.07, 6.45) is 0. The normalized spacial score (nSPS) is 12.7. The van der Waals surface area contributed by atoms with Crippen molar-refractivity contribution in [3.8, 4) is 11.4 Å². The van der Waals surface area contributed by atoms with E-state index >= 15 is 0 Å². The molecule has 0 radical (unpaired) electrons. The number of nitrogens with one attached hydrogen (secondary N) is 1. The summed E-state index contributed by atoms with van der Waals surface area (Å²) in [6, 6.07) is 31.4. The molecule has 1 aliphatic heterocycles. The largest absolute Gasteiger partial charge is 0.497 e. The van der Waals surface area contributed by atoms with E-state index < -0.39 is 0 Å². The zero-order valence-corrected chi connectivity index (χ0v) is 20.5. The van der Waals surface area contributed by atoms with E-state index in [-0.39, 0.29) is 0 Å². The minimum absolute atomic E-state index is 0.580. The molecule has 1 N–H and O–H groups in total. The number of hydrogen-bond donors (Lipinski definition) is 1. The van der Waals surface area contributed by atoms with Gasteiger partial charge in [0.15, 0.2) is 5.65 Å². The first-order chi connectivity index (χ1) is 18.2. The van der Waals surface area contributed by atoms with Gasteiger partial charge in [0.1, 0.15) is 5.75 Å². The van der Waals surface area contributed by atoms with Crippen molar-refractivity contribution < 1.29 is 4.74 Å². The summed E-state index contributed by atoms with van der Waals surface area (Å²) in [4.78, 5) is 7.08. The molecule has 0 atom stereocenters. The third kappa shape index (κ3) is 3.49. The Morgan fingerprint density at radius 3 is 2.38 bits per heavy atom. The maximum absolute atomic E-state index is 6.14. The lowest BCUT2D eigenvalue weighted by atomic mass is 10.2. The molecule has 0 saturated carbocycles. The van der Waals surface area contributed by atoms with Crippen LogP contribution in [0.3, 0.4) is 0 Å². The van der Waals surface area contributed by atoms with Crippen molar-refractivity contribution >= 4 is 57.1 Å². The number of aromatic nitrogens is 4. The Morgan fingerprint density at radius 2 is 1.57 bits per heavy atom. The van der Waals surface area contributed by atoms with Crippen LogP contribution in [-0.2, 0) is 0 Å². The van der Waals surface area contributed by atoms with Gasteiger partial charge in [0, 0.05) is 16.1 Å². The van der Waals surface area contributed by atoms with Crippen LogP contribution in [0.1, 0.15) is 0 Å². The molecule has 0 bridgehead atoms. The van der Waals surface area contributed by atoms with Crippen LogP contribution in [0.15, 0.2) is 102 Å². The molecule has 6 aromatic rings. The average Bonchev–Trinajstić information content (AvgIpc) is 3.43. The van der Waals surface area contributed by atoms with Crippen molar-refractivity contribution in [1.82, 2.24) is 19.4 Å². The molecular weight excluding hydrogens is 486 g/mol. The molecule has 37 heavy (non-hydrogen) atoms. The fraction of sp³-hybridized carbons (Fsp3) is 0.0357. The number of methoxy groups -OCH3 is 1. The van der Waals surface area contributed by atoms with Crippen LogP contribution >= 0.6 is 11.6 Å². The average molecular weight is 506 g/mol. The Hall–Kier alpha value is -4.82. The Kier molecular flexibility index (Phi) is 4.87. The molecule has 4 aromatic carbocycles. The number of fused-ring (bicyclic) bond motifs is 7. The molecule has 0 unspecified atom stereocenters. The molecule has 9 heteroatoms. The van der Waals surface area contributed by atoms with Gasteiger partial charge in [-0.25, -0.2) is 9.89 Å². The second-order valence-electron chi connectivity index (χ2n) is 8.56. The fourth-order valence-corrected chi connectivity index (χ4v) is 4.73. The van der Waals surface area contributed by atoms with Gasteiger partial charge in [-0.05, 0) is 72.8 Å². The summed E-state index contributed by atoms with van der Waals surface area (Å²) in [6.45, 7) is 0. The van der Waals surface area contributed by atoms with Crippen LogP contribution in [0.4, 0.5) is 23.0 Å². The Bertz CT molecular complexity index is 1800. The van der Waals surface area contributed by atoms with E-state index in [0.29, 0.717) is 16.9 Å². The molecule has 2 aromatic heterocycles. The van der Waals surface area contributed by atoms with Gasteiger partial charge >= 0.3 is 0 Å². The van der Waals surface area contributed by atoms with Crippen LogP contribution in [0.2, 0.25) is 5.02 Å². The van der Waals surface area contributed by atoms with Crippen LogP contribution in [-0.4, -0.2) is 32.5 Å². The van der Waals surface area contributed by atoms with Crippen molar-refractivity contribution in [2.75, 3.05) is 17.3 Å². The first kappa shape index (κ1) is 21.5. The number of guanidine groups is 1. The number of hydrogen-bond acceptors (Lipinski definition) is 6. The minimum Gasteiger partial charge on any atom is -0.497 e. The van der Waals surface area contributed by atoms with Crippen LogP contribution in [0.5, 0.6) is 5.75 Å². The molecule has 0 saturated heterocycles. The highest BCUT2D eigenvalue weighted by Crippen LogP contribution is 2.39. The van der Waals surface area contributed by atoms with Gasteiger partial charge in [-0.2, -0.15) is 0 Å². The first-order valence-corrected chi connectivity index (χ1v) is 12.1. The summed E-state index contributed by atoms with van der Waals surface area (Å²) >= 11 is 6.14. The molecule has 0 spiro atoms. The highest BCUT2D eigenvalue weighted by Gasteiger charge is 2.30. The summed E-state index contributed by atoms with van der Waals surface area (Å²) in [5, 5.41) is 14.9. The van der Waals surface area contributed by atoms with Crippen molar-refractivity contribution in [2.24, 2.45) is 4.99 Å². The summed E-state index contributed by atoms with van der Waals surface area (Å²) in [7, 11) is 1.65. The van der Waals surface area contributed by atoms with E-state index in [1.807, 2.05) is 95.9 Å².